The van der Waals surface area contributed by atoms with Gasteiger partial charge < -0.3 is 5.11 Å². The fraction of sp³-hybridized carbons (Fsp3) is 0.857. The second-order valence-corrected chi connectivity index (χ2v) is 9.68. The molecular weight excluding hydrogens is 341 g/mol. The fourth-order valence-corrected chi connectivity index (χ4v) is 7.35. The lowest BCUT2D eigenvalue weighted by Gasteiger charge is -2.58. The smallest absolute Gasteiger partial charge is 0.383 e. The van der Waals surface area contributed by atoms with E-state index in [1.165, 1.54) is 5.57 Å². The van der Waals surface area contributed by atoms with Gasteiger partial charge in [0, 0.05) is 6.42 Å². The van der Waals surface area contributed by atoms with Crippen LogP contribution in [0.4, 0.5) is 13.2 Å². The number of aliphatic hydroxyl groups excluding tert-OH is 1. The van der Waals surface area contributed by atoms with E-state index in [1.54, 1.807) is 0 Å². The van der Waals surface area contributed by atoms with Gasteiger partial charge in [-0.1, -0.05) is 19.4 Å². The van der Waals surface area contributed by atoms with Crippen LogP contribution in [0.3, 0.4) is 0 Å². The van der Waals surface area contributed by atoms with Crippen LogP contribution in [-0.4, -0.2) is 23.2 Å². The number of ketones is 1. The molecule has 1 N–H and O–H groups in total. The Bertz CT molecular complexity index is 640. The van der Waals surface area contributed by atoms with Gasteiger partial charge in [0.2, 0.25) is 0 Å². The normalized spacial score (nSPS) is 46.8. The van der Waals surface area contributed by atoms with Gasteiger partial charge >= 0.3 is 6.18 Å². The Morgan fingerprint density at radius 2 is 1.81 bits per heavy atom. The first kappa shape index (κ1) is 18.5. The molecule has 0 aromatic heterocycles. The standard InChI is InChI=1S/C21H29F3O2/c1-19-9-7-13(25)11-12(19)3-4-14-15-5-6-17(18(26)21(22,23)24)20(15,2)10-8-16(14)19/h11,14-18,26H,3-10H2,1-2H3/t14?,15?,16?,17-,18?,19+,20+/m1/s1. The molecule has 4 aliphatic carbocycles. The van der Waals surface area contributed by atoms with E-state index in [0.29, 0.717) is 24.7 Å². The molecule has 7 atom stereocenters. The van der Waals surface area contributed by atoms with Gasteiger partial charge in [-0.2, -0.15) is 13.2 Å². The average molecular weight is 370 g/mol. The maximum Gasteiger partial charge on any atom is 0.414 e. The number of halogens is 3. The second kappa shape index (κ2) is 5.83. The zero-order valence-electron chi connectivity index (χ0n) is 15.6. The molecule has 146 valence electrons. The van der Waals surface area contributed by atoms with E-state index in [1.807, 2.05) is 13.0 Å². The monoisotopic (exact) mass is 370 g/mol. The highest BCUT2D eigenvalue weighted by molar-refractivity contribution is 5.91. The molecule has 4 rings (SSSR count). The minimum absolute atomic E-state index is 0.0406. The Morgan fingerprint density at radius 1 is 1.08 bits per heavy atom. The summed E-state index contributed by atoms with van der Waals surface area (Å²) in [5, 5.41) is 9.98. The number of rotatable bonds is 1. The summed E-state index contributed by atoms with van der Waals surface area (Å²) < 4.78 is 39.6. The highest BCUT2D eigenvalue weighted by atomic mass is 19.4. The number of alkyl halides is 3. The molecule has 2 nitrogen and oxygen atoms in total. The van der Waals surface area contributed by atoms with Crippen molar-refractivity contribution in [3.8, 4) is 0 Å². The maximum absolute atomic E-state index is 13.2. The number of hydrogen-bond donors (Lipinski definition) is 1. The van der Waals surface area contributed by atoms with Gasteiger partial charge in [-0.3, -0.25) is 4.79 Å². The summed E-state index contributed by atoms with van der Waals surface area (Å²) in [5.74, 6) is 0.709. The number of hydrogen-bond acceptors (Lipinski definition) is 2. The van der Waals surface area contributed by atoms with Crippen LogP contribution in [0.1, 0.15) is 65.2 Å². The third-order valence-corrected chi connectivity index (χ3v) is 8.75. The Labute approximate surface area is 153 Å². The van der Waals surface area contributed by atoms with Gasteiger partial charge in [0.15, 0.2) is 11.9 Å². The Balaban J connectivity index is 1.62. The summed E-state index contributed by atoms with van der Waals surface area (Å²) >= 11 is 0. The first-order chi connectivity index (χ1) is 12.1. The van der Waals surface area contributed by atoms with Gasteiger partial charge in [0.25, 0.3) is 0 Å². The van der Waals surface area contributed by atoms with E-state index in [4.69, 9.17) is 0 Å². The van der Waals surface area contributed by atoms with E-state index in [2.05, 4.69) is 6.92 Å². The molecule has 0 radical (unpaired) electrons. The molecule has 0 aromatic carbocycles. The van der Waals surface area contributed by atoms with Crippen LogP contribution in [0.5, 0.6) is 0 Å². The Morgan fingerprint density at radius 3 is 2.50 bits per heavy atom. The quantitative estimate of drug-likeness (QED) is 0.701. The van der Waals surface area contributed by atoms with Gasteiger partial charge in [-0.25, -0.2) is 0 Å². The Kier molecular flexibility index (Phi) is 4.15. The minimum atomic E-state index is -4.53. The number of fused-ring (bicyclic) bond motifs is 5. The zero-order valence-corrected chi connectivity index (χ0v) is 15.6. The van der Waals surface area contributed by atoms with Gasteiger partial charge in [-0.05, 0) is 85.5 Å². The third-order valence-electron chi connectivity index (χ3n) is 8.75. The lowest BCUT2D eigenvalue weighted by molar-refractivity contribution is -0.233. The molecule has 3 saturated carbocycles. The van der Waals surface area contributed by atoms with E-state index in [0.717, 1.165) is 38.5 Å². The van der Waals surface area contributed by atoms with Crippen LogP contribution < -0.4 is 0 Å². The molecule has 4 aliphatic rings. The predicted molar refractivity (Wildman–Crippen MR) is 92.3 cm³/mol. The topological polar surface area (TPSA) is 37.3 Å². The second-order valence-electron chi connectivity index (χ2n) is 9.68. The molecule has 3 fully saturated rings. The van der Waals surface area contributed by atoms with Crippen LogP contribution in [0.25, 0.3) is 0 Å². The fourth-order valence-electron chi connectivity index (χ4n) is 7.35. The van der Waals surface area contributed by atoms with Gasteiger partial charge in [0.1, 0.15) is 0 Å². The number of carbonyl (C=O) groups is 1. The van der Waals surface area contributed by atoms with Crippen LogP contribution in [0.15, 0.2) is 11.6 Å². The summed E-state index contributed by atoms with van der Waals surface area (Å²) in [6.07, 6.45) is 1.45. The highest BCUT2D eigenvalue weighted by Crippen LogP contribution is 2.67. The molecule has 0 aromatic rings. The van der Waals surface area contributed by atoms with E-state index in [9.17, 15) is 23.1 Å². The Hall–Kier alpha value is -0.840. The number of allylic oxidation sites excluding steroid dienone is 1. The van der Waals surface area contributed by atoms with Crippen molar-refractivity contribution in [1.82, 2.24) is 0 Å². The summed E-state index contributed by atoms with van der Waals surface area (Å²) in [5.41, 5.74) is 0.903. The van der Waals surface area contributed by atoms with Crippen molar-refractivity contribution < 1.29 is 23.1 Å². The van der Waals surface area contributed by atoms with Crippen LogP contribution >= 0.6 is 0 Å². The number of carbonyl (C=O) groups excluding carboxylic acids is 1. The van der Waals surface area contributed by atoms with Crippen molar-refractivity contribution in [1.29, 1.82) is 0 Å². The van der Waals surface area contributed by atoms with Crippen molar-refractivity contribution in [2.75, 3.05) is 0 Å². The van der Waals surface area contributed by atoms with Crippen LogP contribution in [0.2, 0.25) is 0 Å². The molecular formula is C21H29F3O2. The van der Waals surface area contributed by atoms with Crippen molar-refractivity contribution in [3.05, 3.63) is 11.6 Å². The first-order valence-corrected chi connectivity index (χ1v) is 10.1. The molecule has 0 bridgehead atoms. The molecule has 0 amide bonds. The van der Waals surface area contributed by atoms with E-state index < -0.39 is 23.6 Å². The molecule has 4 unspecified atom stereocenters. The minimum Gasteiger partial charge on any atom is -0.383 e. The van der Waals surface area contributed by atoms with Gasteiger partial charge in [-0.15, -0.1) is 0 Å². The van der Waals surface area contributed by atoms with E-state index in [-0.39, 0.29) is 17.1 Å². The molecule has 0 aliphatic heterocycles. The first-order valence-electron chi connectivity index (χ1n) is 10.1. The summed E-state index contributed by atoms with van der Waals surface area (Å²) in [6.45, 7) is 4.28. The predicted octanol–water partition coefficient (Wildman–Crippen LogP) is 5.06. The summed E-state index contributed by atoms with van der Waals surface area (Å²) in [6, 6.07) is 0. The largest absolute Gasteiger partial charge is 0.414 e. The van der Waals surface area contributed by atoms with Crippen molar-refractivity contribution in [3.63, 3.8) is 0 Å². The third kappa shape index (κ3) is 2.52. The zero-order chi connectivity index (χ0) is 18.9. The van der Waals surface area contributed by atoms with Crippen molar-refractivity contribution in [2.45, 2.75) is 77.5 Å². The molecule has 26 heavy (non-hydrogen) atoms. The molecule has 5 heteroatoms. The lowest BCUT2D eigenvalue weighted by atomic mass is 9.46. The molecule has 0 heterocycles. The number of aliphatic hydroxyl groups is 1. The summed E-state index contributed by atoms with van der Waals surface area (Å²) in [4.78, 5) is 11.9. The van der Waals surface area contributed by atoms with E-state index >= 15 is 0 Å². The van der Waals surface area contributed by atoms with Crippen LogP contribution in [-0.2, 0) is 4.79 Å². The lowest BCUT2D eigenvalue weighted by Crippen LogP contribution is -2.52. The highest BCUT2D eigenvalue weighted by Gasteiger charge is 2.62. The maximum atomic E-state index is 13.2. The van der Waals surface area contributed by atoms with Crippen molar-refractivity contribution >= 4 is 5.78 Å². The molecule has 0 saturated heterocycles. The molecule has 0 spiro atoms. The van der Waals surface area contributed by atoms with Crippen LogP contribution in [0, 0.1) is 34.5 Å². The average Bonchev–Trinajstić information content (AvgIpc) is 2.91. The van der Waals surface area contributed by atoms with Gasteiger partial charge in [0.05, 0.1) is 0 Å². The summed E-state index contributed by atoms with van der Waals surface area (Å²) in [7, 11) is 0. The SMILES string of the molecule is C[C@]12CCC(=O)C=C1CCC1C2CC[C@@]2(C)C1CC[C@@H]2C(O)C(F)(F)F. The van der Waals surface area contributed by atoms with Crippen molar-refractivity contribution in [2.24, 2.45) is 34.5 Å².